The smallest absolute Gasteiger partial charge is 0.225 e. The van der Waals surface area contributed by atoms with Crippen molar-refractivity contribution in [2.24, 2.45) is 11.7 Å². The highest BCUT2D eigenvalue weighted by molar-refractivity contribution is 5.78. The molecule has 1 aliphatic rings. The molecule has 0 spiro atoms. The highest BCUT2D eigenvalue weighted by Crippen LogP contribution is 2.17. The zero-order valence-electron chi connectivity index (χ0n) is 14.1. The predicted octanol–water partition coefficient (Wildman–Crippen LogP) is 2.48. The highest BCUT2D eigenvalue weighted by Gasteiger charge is 2.24. The fourth-order valence-corrected chi connectivity index (χ4v) is 3.11. The van der Waals surface area contributed by atoms with Crippen molar-refractivity contribution in [3.05, 3.63) is 0 Å². The summed E-state index contributed by atoms with van der Waals surface area (Å²) in [6, 6.07) is 0. The number of nitrogens with two attached hydrogens (primary N) is 1. The number of hydrogen-bond donors (Lipinski definition) is 1. The van der Waals surface area contributed by atoms with Gasteiger partial charge in [0.15, 0.2) is 0 Å². The zero-order valence-corrected chi connectivity index (χ0v) is 14.1. The maximum Gasteiger partial charge on any atom is 0.225 e. The first-order chi connectivity index (χ1) is 10.2. The van der Waals surface area contributed by atoms with Gasteiger partial charge in [-0.25, -0.2) is 0 Å². The van der Waals surface area contributed by atoms with Crippen LogP contribution in [0.4, 0.5) is 0 Å². The van der Waals surface area contributed by atoms with Crippen molar-refractivity contribution in [1.29, 1.82) is 0 Å². The predicted molar refractivity (Wildman–Crippen MR) is 89.2 cm³/mol. The molecule has 1 rings (SSSR count). The quantitative estimate of drug-likeness (QED) is 0.665. The van der Waals surface area contributed by atoms with Crippen molar-refractivity contribution in [2.45, 2.75) is 58.8 Å². The molecule has 1 heterocycles. The summed E-state index contributed by atoms with van der Waals surface area (Å²) in [4.78, 5) is 17.3. The Morgan fingerprint density at radius 1 is 1.10 bits per heavy atom. The summed E-state index contributed by atoms with van der Waals surface area (Å²) >= 11 is 0. The number of amides is 1. The van der Waals surface area contributed by atoms with Crippen LogP contribution >= 0.6 is 0 Å². The van der Waals surface area contributed by atoms with Crippen LogP contribution in [0.5, 0.6) is 0 Å². The molecule has 4 nitrogen and oxygen atoms in total. The molecule has 4 heteroatoms. The number of rotatable bonds is 9. The van der Waals surface area contributed by atoms with Gasteiger partial charge in [-0.1, -0.05) is 26.7 Å². The van der Waals surface area contributed by atoms with Crippen molar-refractivity contribution in [3.63, 3.8) is 0 Å². The van der Waals surface area contributed by atoms with Gasteiger partial charge in [-0.3, -0.25) is 4.79 Å². The van der Waals surface area contributed by atoms with E-state index in [0.29, 0.717) is 5.91 Å². The average molecular weight is 297 g/mol. The van der Waals surface area contributed by atoms with Crippen LogP contribution < -0.4 is 5.73 Å². The second-order valence-electron chi connectivity index (χ2n) is 6.26. The van der Waals surface area contributed by atoms with E-state index >= 15 is 0 Å². The third-order valence-electron chi connectivity index (χ3n) is 4.58. The molecule has 1 amide bonds. The molecule has 1 aliphatic heterocycles. The zero-order chi connectivity index (χ0) is 15.5. The van der Waals surface area contributed by atoms with E-state index in [2.05, 4.69) is 23.6 Å². The van der Waals surface area contributed by atoms with Crippen molar-refractivity contribution >= 4 is 5.91 Å². The third kappa shape index (κ3) is 6.79. The minimum atomic E-state index is 0.244. The Hall–Kier alpha value is -0.610. The van der Waals surface area contributed by atoms with Gasteiger partial charge in [-0.2, -0.15) is 0 Å². The van der Waals surface area contributed by atoms with Crippen LogP contribution in [0.25, 0.3) is 0 Å². The molecule has 0 aliphatic carbocycles. The van der Waals surface area contributed by atoms with Crippen LogP contribution in [0, 0.1) is 5.92 Å². The molecule has 0 saturated carbocycles. The lowest BCUT2D eigenvalue weighted by molar-refractivity contribution is -0.135. The molecule has 0 aromatic rings. The summed E-state index contributed by atoms with van der Waals surface area (Å²) in [5.41, 5.74) is 5.55. The van der Waals surface area contributed by atoms with Crippen LogP contribution in [-0.2, 0) is 4.79 Å². The monoisotopic (exact) mass is 297 g/mol. The molecule has 0 aromatic heterocycles. The van der Waals surface area contributed by atoms with E-state index in [1.807, 2.05) is 0 Å². The number of unbranched alkanes of at least 4 members (excludes halogenated alkanes) is 2. The van der Waals surface area contributed by atoms with Crippen molar-refractivity contribution < 1.29 is 4.79 Å². The number of carbonyl (C=O) groups excluding carboxylic acids is 1. The van der Waals surface area contributed by atoms with Gasteiger partial charge in [-0.05, 0) is 51.7 Å². The largest absolute Gasteiger partial charge is 0.341 e. The van der Waals surface area contributed by atoms with Gasteiger partial charge >= 0.3 is 0 Å². The lowest BCUT2D eigenvalue weighted by Crippen LogP contribution is -2.39. The Bertz CT molecular complexity index is 283. The molecular weight excluding hydrogens is 262 g/mol. The van der Waals surface area contributed by atoms with Gasteiger partial charge in [-0.15, -0.1) is 0 Å². The van der Waals surface area contributed by atoms with Crippen LogP contribution in [-0.4, -0.2) is 55.0 Å². The Balaban J connectivity index is 2.40. The molecule has 1 saturated heterocycles. The van der Waals surface area contributed by atoms with Gasteiger partial charge in [0.1, 0.15) is 0 Å². The first-order valence-corrected chi connectivity index (χ1v) is 8.94. The minimum absolute atomic E-state index is 0.244. The Labute approximate surface area is 131 Å². The Morgan fingerprint density at radius 3 is 2.57 bits per heavy atom. The molecular formula is C17H35N3O. The first-order valence-electron chi connectivity index (χ1n) is 8.94. The van der Waals surface area contributed by atoms with E-state index < -0.39 is 0 Å². The summed E-state index contributed by atoms with van der Waals surface area (Å²) in [5, 5.41) is 0. The van der Waals surface area contributed by atoms with E-state index in [9.17, 15) is 4.79 Å². The van der Waals surface area contributed by atoms with E-state index in [0.717, 1.165) is 65.0 Å². The SMILES string of the molecule is CCCCC(CC)C(=O)N1CCCN(CCCCN)CC1. The van der Waals surface area contributed by atoms with Crippen molar-refractivity contribution in [3.8, 4) is 0 Å². The molecule has 1 fully saturated rings. The molecule has 124 valence electrons. The van der Waals surface area contributed by atoms with Crippen molar-refractivity contribution in [1.82, 2.24) is 9.80 Å². The second-order valence-corrected chi connectivity index (χ2v) is 6.26. The molecule has 0 radical (unpaired) electrons. The molecule has 1 atom stereocenters. The number of carbonyl (C=O) groups is 1. The number of hydrogen-bond acceptors (Lipinski definition) is 3. The Morgan fingerprint density at radius 2 is 1.90 bits per heavy atom. The second kappa shape index (κ2) is 11.0. The standard InChI is InChI=1S/C17H35N3O/c1-3-5-9-16(4-2)17(21)20-13-8-12-19(14-15-20)11-7-6-10-18/h16H,3-15,18H2,1-2H3. The maximum absolute atomic E-state index is 12.6. The molecule has 21 heavy (non-hydrogen) atoms. The summed E-state index contributed by atoms with van der Waals surface area (Å²) in [5.74, 6) is 0.642. The molecule has 0 bridgehead atoms. The van der Waals surface area contributed by atoms with Gasteiger partial charge in [0.25, 0.3) is 0 Å². The minimum Gasteiger partial charge on any atom is -0.341 e. The average Bonchev–Trinajstić information content (AvgIpc) is 2.74. The fraction of sp³-hybridized carbons (Fsp3) is 0.941. The van der Waals surface area contributed by atoms with Crippen LogP contribution in [0.2, 0.25) is 0 Å². The molecule has 2 N–H and O–H groups in total. The van der Waals surface area contributed by atoms with E-state index in [1.54, 1.807) is 0 Å². The van der Waals surface area contributed by atoms with Gasteiger partial charge < -0.3 is 15.5 Å². The van der Waals surface area contributed by atoms with Crippen molar-refractivity contribution in [2.75, 3.05) is 39.3 Å². The lowest BCUT2D eigenvalue weighted by Gasteiger charge is -2.26. The van der Waals surface area contributed by atoms with Crippen LogP contribution in [0.15, 0.2) is 0 Å². The number of nitrogens with zero attached hydrogens (tertiary/aromatic N) is 2. The lowest BCUT2D eigenvalue weighted by atomic mass is 9.97. The topological polar surface area (TPSA) is 49.6 Å². The van der Waals surface area contributed by atoms with Gasteiger partial charge in [0, 0.05) is 25.6 Å². The third-order valence-corrected chi connectivity index (χ3v) is 4.58. The first kappa shape index (κ1) is 18.4. The van der Waals surface area contributed by atoms with Gasteiger partial charge in [0.05, 0.1) is 0 Å². The van der Waals surface area contributed by atoms with Gasteiger partial charge in [0.2, 0.25) is 5.91 Å². The van der Waals surface area contributed by atoms with Crippen LogP contribution in [0.1, 0.15) is 58.8 Å². The van der Waals surface area contributed by atoms with Crippen LogP contribution in [0.3, 0.4) is 0 Å². The highest BCUT2D eigenvalue weighted by atomic mass is 16.2. The summed E-state index contributed by atoms with van der Waals surface area (Å²) < 4.78 is 0. The molecule has 1 unspecified atom stereocenters. The van der Waals surface area contributed by atoms with E-state index in [-0.39, 0.29) is 5.92 Å². The summed E-state index contributed by atoms with van der Waals surface area (Å²) in [6.07, 6.45) is 7.78. The maximum atomic E-state index is 12.6. The summed E-state index contributed by atoms with van der Waals surface area (Å²) in [6.45, 7) is 10.3. The fourth-order valence-electron chi connectivity index (χ4n) is 3.11. The van der Waals surface area contributed by atoms with E-state index in [4.69, 9.17) is 5.73 Å². The van der Waals surface area contributed by atoms with E-state index in [1.165, 1.54) is 19.3 Å². The normalized spacial score (nSPS) is 18.5. The Kier molecular flexibility index (Phi) is 9.68. The molecule has 0 aromatic carbocycles. The summed E-state index contributed by atoms with van der Waals surface area (Å²) in [7, 11) is 0.